The summed E-state index contributed by atoms with van der Waals surface area (Å²) in [5.74, 6) is -2.16. The highest BCUT2D eigenvalue weighted by Crippen LogP contribution is 2.32. The van der Waals surface area contributed by atoms with Crippen molar-refractivity contribution in [2.45, 2.75) is 50.3 Å². The maximum absolute atomic E-state index is 13.5. The highest BCUT2D eigenvalue weighted by atomic mass is 32.2. The molecule has 0 aliphatic carbocycles. The predicted octanol–water partition coefficient (Wildman–Crippen LogP) is 4.80. The molecule has 1 aliphatic rings. The number of thioether (sulfide) groups is 1. The third-order valence-corrected chi connectivity index (χ3v) is 9.76. The Kier molecular flexibility index (Phi) is 11.4. The number of nitrogens with one attached hydrogen (secondary N) is 1. The number of aryl methyl sites for hydroxylation is 1. The van der Waals surface area contributed by atoms with Gasteiger partial charge in [-0.3, -0.25) is 9.69 Å². The summed E-state index contributed by atoms with van der Waals surface area (Å²) in [6.07, 6.45) is 4.01. The van der Waals surface area contributed by atoms with Gasteiger partial charge in [0.1, 0.15) is 15.9 Å². The van der Waals surface area contributed by atoms with Crippen LogP contribution in [0.2, 0.25) is 0 Å². The monoisotopic (exact) mass is 624 g/mol. The number of carboxylic acids is 1. The van der Waals surface area contributed by atoms with Crippen molar-refractivity contribution in [3.63, 3.8) is 0 Å². The average Bonchev–Trinajstić information content (AvgIpc) is 3.36. The van der Waals surface area contributed by atoms with E-state index in [4.69, 9.17) is 4.74 Å². The highest BCUT2D eigenvalue weighted by Gasteiger charge is 2.32. The Morgan fingerprint density at radius 3 is 2.44 bits per heavy atom. The lowest BCUT2D eigenvalue weighted by atomic mass is 9.93. The number of hydrogen-bond acceptors (Lipinski definition) is 7. The second kappa shape index (κ2) is 15.0. The molecule has 1 heterocycles. The van der Waals surface area contributed by atoms with Crippen molar-refractivity contribution in [2.24, 2.45) is 0 Å². The van der Waals surface area contributed by atoms with Crippen LogP contribution in [0.4, 0.5) is 0 Å². The van der Waals surface area contributed by atoms with E-state index in [0.29, 0.717) is 36.1 Å². The summed E-state index contributed by atoms with van der Waals surface area (Å²) in [4.78, 5) is 27.8. The molecule has 0 saturated carbocycles. The molecule has 10 heteroatoms. The van der Waals surface area contributed by atoms with E-state index in [9.17, 15) is 23.1 Å². The number of aliphatic carboxylic acids is 1. The van der Waals surface area contributed by atoms with Gasteiger partial charge in [-0.05, 0) is 66.0 Å². The van der Waals surface area contributed by atoms with Gasteiger partial charge < -0.3 is 15.2 Å². The Hall–Kier alpha value is -3.18. The molecule has 1 saturated heterocycles. The molecule has 1 amide bonds. The van der Waals surface area contributed by atoms with Gasteiger partial charge >= 0.3 is 5.97 Å². The summed E-state index contributed by atoms with van der Waals surface area (Å²) in [7, 11) is -3.39. The third-order valence-electron chi connectivity index (χ3n) is 7.77. The minimum absolute atomic E-state index is 0.211. The van der Waals surface area contributed by atoms with Crippen LogP contribution in [0, 0.1) is 6.92 Å². The first-order valence-corrected chi connectivity index (χ1v) is 17.7. The zero-order chi connectivity index (χ0) is 31.0. The third kappa shape index (κ3) is 9.40. The van der Waals surface area contributed by atoms with Crippen LogP contribution in [-0.4, -0.2) is 79.1 Å². The number of likely N-dealkylation sites (tertiary alicyclic amines) is 1. The van der Waals surface area contributed by atoms with Gasteiger partial charge in [0, 0.05) is 36.2 Å². The van der Waals surface area contributed by atoms with Crippen molar-refractivity contribution < 1.29 is 27.9 Å². The molecule has 0 aromatic heterocycles. The summed E-state index contributed by atoms with van der Waals surface area (Å²) < 4.78 is 29.4. The van der Waals surface area contributed by atoms with E-state index in [1.54, 1.807) is 6.07 Å². The molecule has 43 heavy (non-hydrogen) atoms. The van der Waals surface area contributed by atoms with Gasteiger partial charge in [0.15, 0.2) is 0 Å². The summed E-state index contributed by atoms with van der Waals surface area (Å²) >= 11 is 1.87. The lowest BCUT2D eigenvalue weighted by molar-refractivity contribution is -0.139. The van der Waals surface area contributed by atoms with Crippen LogP contribution in [0.3, 0.4) is 0 Å². The Morgan fingerprint density at radius 1 is 1.05 bits per heavy atom. The molecule has 3 atom stereocenters. The smallest absolute Gasteiger partial charge is 0.326 e. The lowest BCUT2D eigenvalue weighted by Gasteiger charge is -2.25. The van der Waals surface area contributed by atoms with Gasteiger partial charge in [-0.15, -0.1) is 0 Å². The molecule has 2 N–H and O–H groups in total. The second-order valence-electron chi connectivity index (χ2n) is 11.2. The van der Waals surface area contributed by atoms with Crippen LogP contribution in [0.1, 0.15) is 39.9 Å². The summed E-state index contributed by atoms with van der Waals surface area (Å²) in [6, 6.07) is 22.5. The number of rotatable bonds is 14. The second-order valence-corrected chi connectivity index (χ2v) is 14.6. The van der Waals surface area contributed by atoms with Crippen molar-refractivity contribution in [3.8, 4) is 11.1 Å². The lowest BCUT2D eigenvalue weighted by Crippen LogP contribution is -2.42. The average molecular weight is 625 g/mol. The van der Waals surface area contributed by atoms with E-state index in [2.05, 4.69) is 28.6 Å². The Labute approximate surface area is 258 Å². The van der Waals surface area contributed by atoms with Crippen molar-refractivity contribution in [1.29, 1.82) is 0 Å². The van der Waals surface area contributed by atoms with Crippen LogP contribution < -0.4 is 5.32 Å². The minimum Gasteiger partial charge on any atom is -0.480 e. The molecule has 0 radical (unpaired) electrons. The summed E-state index contributed by atoms with van der Waals surface area (Å²) in [6.45, 7) is 4.78. The SMILES string of the molecule is CS[C@@H]1C[C@H](COCc2ccccc2)N(Cc2ccc(C(=O)N[C@@H](CCS(C)(=O)=O)C(=O)O)c(-c3ccccc3C)c2)C1. The Bertz CT molecular complexity index is 1510. The molecule has 230 valence electrons. The van der Waals surface area contributed by atoms with Gasteiger partial charge in [-0.2, -0.15) is 11.8 Å². The van der Waals surface area contributed by atoms with Crippen LogP contribution in [0.25, 0.3) is 11.1 Å². The van der Waals surface area contributed by atoms with Gasteiger partial charge in [0.05, 0.1) is 19.0 Å². The maximum Gasteiger partial charge on any atom is 0.326 e. The number of carbonyl (C=O) groups excluding carboxylic acids is 1. The standard InChI is InChI=1S/C33H40N2O6S2/c1-23-9-7-8-12-28(23)30-17-25(13-14-29(30)32(36)34-31(33(37)38)15-16-43(3,39)40)19-35-20-27(42-2)18-26(35)22-41-21-24-10-5-4-6-11-24/h4-14,17,26-27,31H,15-16,18-22H2,1-3H3,(H,34,36)(H,37,38)/t26-,27-,31+/m1/s1. The van der Waals surface area contributed by atoms with Crippen LogP contribution in [-0.2, 0) is 32.5 Å². The fraction of sp³-hybridized carbons (Fsp3) is 0.394. The molecule has 0 spiro atoms. The van der Waals surface area contributed by atoms with E-state index < -0.39 is 27.8 Å². The van der Waals surface area contributed by atoms with E-state index in [1.165, 1.54) is 0 Å². The van der Waals surface area contributed by atoms with Crippen LogP contribution in [0.5, 0.6) is 0 Å². The van der Waals surface area contributed by atoms with E-state index in [1.807, 2.05) is 73.3 Å². The number of carboxylic acid groups (broad SMARTS) is 1. The zero-order valence-electron chi connectivity index (χ0n) is 24.9. The molecule has 8 nitrogen and oxygen atoms in total. The van der Waals surface area contributed by atoms with Crippen molar-refractivity contribution >= 4 is 33.5 Å². The van der Waals surface area contributed by atoms with Gasteiger partial charge in [-0.1, -0.05) is 60.7 Å². The molecule has 1 aliphatic heterocycles. The minimum atomic E-state index is -3.39. The highest BCUT2D eigenvalue weighted by molar-refractivity contribution is 7.99. The van der Waals surface area contributed by atoms with Crippen LogP contribution in [0.15, 0.2) is 72.8 Å². The molecular weight excluding hydrogens is 585 g/mol. The van der Waals surface area contributed by atoms with E-state index in [0.717, 1.165) is 41.5 Å². The number of ether oxygens (including phenoxy) is 1. The number of sulfone groups is 1. The topological polar surface area (TPSA) is 113 Å². The quantitative estimate of drug-likeness (QED) is 0.263. The molecule has 0 bridgehead atoms. The Balaban J connectivity index is 1.56. The fourth-order valence-electron chi connectivity index (χ4n) is 5.41. The fourth-order valence-corrected chi connectivity index (χ4v) is 6.83. The summed E-state index contributed by atoms with van der Waals surface area (Å²) in [5, 5.41) is 12.7. The van der Waals surface area contributed by atoms with E-state index >= 15 is 0 Å². The number of nitrogens with zero attached hydrogens (tertiary/aromatic N) is 1. The van der Waals surface area contributed by atoms with Crippen molar-refractivity contribution in [1.82, 2.24) is 10.2 Å². The molecular formula is C33H40N2O6S2. The number of carbonyl (C=O) groups is 2. The summed E-state index contributed by atoms with van der Waals surface area (Å²) in [5.41, 5.74) is 5.09. The molecule has 4 rings (SSSR count). The van der Waals surface area contributed by atoms with Gasteiger partial charge in [0.2, 0.25) is 0 Å². The normalized spacial score (nSPS) is 17.9. The van der Waals surface area contributed by atoms with Crippen molar-refractivity contribution in [2.75, 3.05) is 31.4 Å². The predicted molar refractivity (Wildman–Crippen MR) is 172 cm³/mol. The molecule has 3 aromatic carbocycles. The first kappa shape index (κ1) is 32.7. The Morgan fingerprint density at radius 2 is 1.77 bits per heavy atom. The van der Waals surface area contributed by atoms with Gasteiger partial charge in [-0.25, -0.2) is 13.2 Å². The molecule has 1 fully saturated rings. The zero-order valence-corrected chi connectivity index (χ0v) is 26.5. The number of benzene rings is 3. The maximum atomic E-state index is 13.5. The first-order chi connectivity index (χ1) is 20.5. The van der Waals surface area contributed by atoms with Gasteiger partial charge in [0.25, 0.3) is 5.91 Å². The first-order valence-electron chi connectivity index (χ1n) is 14.3. The van der Waals surface area contributed by atoms with Crippen molar-refractivity contribution in [3.05, 3.63) is 95.1 Å². The van der Waals surface area contributed by atoms with Crippen LogP contribution >= 0.6 is 11.8 Å². The number of amides is 1. The van der Waals surface area contributed by atoms with E-state index in [-0.39, 0.29) is 18.2 Å². The largest absolute Gasteiger partial charge is 0.480 e. The molecule has 3 aromatic rings. The molecule has 0 unspecified atom stereocenters. The number of hydrogen-bond donors (Lipinski definition) is 2.